The Kier molecular flexibility index (Phi) is 5.13. The zero-order valence-electron chi connectivity index (χ0n) is 14.6. The van der Waals surface area contributed by atoms with Gasteiger partial charge >= 0.3 is 0 Å². The van der Waals surface area contributed by atoms with Gasteiger partial charge in [-0.1, -0.05) is 17.7 Å². The number of fused-ring (bicyclic) bond motifs is 1. The minimum absolute atomic E-state index is 0.0984. The molecule has 0 radical (unpaired) electrons. The quantitative estimate of drug-likeness (QED) is 0.866. The molecule has 1 amide bonds. The second-order valence-electron chi connectivity index (χ2n) is 6.88. The number of nitrogens with zero attached hydrogens (tertiary/aromatic N) is 2. The summed E-state index contributed by atoms with van der Waals surface area (Å²) in [4.78, 5) is 12.7. The van der Waals surface area contributed by atoms with Crippen molar-refractivity contribution in [2.75, 3.05) is 19.7 Å². The van der Waals surface area contributed by atoms with Gasteiger partial charge in [0.25, 0.3) is 5.91 Å². The fraction of sp³-hybridized carbons (Fsp3) is 0.474. The number of hydrogen-bond donors (Lipinski definition) is 2. The lowest BCUT2D eigenvalue weighted by Gasteiger charge is -2.23. The molecule has 4 rings (SSSR count). The van der Waals surface area contributed by atoms with Crippen molar-refractivity contribution >= 4 is 17.5 Å². The first kappa shape index (κ1) is 17.4. The van der Waals surface area contributed by atoms with Gasteiger partial charge in [0.1, 0.15) is 11.4 Å². The molecule has 0 bridgehead atoms. The van der Waals surface area contributed by atoms with E-state index in [2.05, 4.69) is 15.7 Å². The third-order valence-corrected chi connectivity index (χ3v) is 5.27. The molecule has 26 heavy (non-hydrogen) atoms. The monoisotopic (exact) mass is 374 g/mol. The van der Waals surface area contributed by atoms with Gasteiger partial charge in [-0.05, 0) is 50.4 Å². The Bertz CT molecular complexity index is 786. The summed E-state index contributed by atoms with van der Waals surface area (Å²) in [5.74, 6) is 0.597. The summed E-state index contributed by atoms with van der Waals surface area (Å²) in [5, 5.41) is 11.6. The number of aromatic nitrogens is 2. The third kappa shape index (κ3) is 3.71. The lowest BCUT2D eigenvalue weighted by atomic mass is 10.0. The number of carbonyl (C=O) groups is 1. The molecule has 1 aromatic carbocycles. The number of nitrogens with one attached hydrogen (secondary N) is 2. The highest BCUT2D eigenvalue weighted by atomic mass is 35.5. The first-order valence-electron chi connectivity index (χ1n) is 9.20. The van der Waals surface area contributed by atoms with Crippen molar-refractivity contribution < 1.29 is 9.53 Å². The van der Waals surface area contributed by atoms with Crippen molar-refractivity contribution in [3.8, 4) is 5.75 Å². The van der Waals surface area contributed by atoms with Gasteiger partial charge < -0.3 is 15.4 Å². The third-order valence-electron chi connectivity index (χ3n) is 5.04. The summed E-state index contributed by atoms with van der Waals surface area (Å²) in [7, 11) is 0. The average molecular weight is 375 g/mol. The van der Waals surface area contributed by atoms with Crippen LogP contribution in [0.4, 0.5) is 0 Å². The molecule has 1 saturated heterocycles. The standard InChI is InChI=1S/C19H23ClN4O2/c20-13-5-6-15-16(4-2-10-26-18(15)11-13)22-19(25)17-7-9-24(23-17)14-3-1-8-21-12-14/h5-7,9,11,14,16,21H,1-4,8,10,12H2,(H,22,25). The highest BCUT2D eigenvalue weighted by Crippen LogP contribution is 2.33. The van der Waals surface area contributed by atoms with E-state index in [1.54, 1.807) is 6.07 Å². The van der Waals surface area contributed by atoms with Gasteiger partial charge in [0.05, 0.1) is 18.7 Å². The normalized spacial score (nSPS) is 22.8. The SMILES string of the molecule is O=C(NC1CCCOc2cc(Cl)ccc21)c1ccn(C2CCCNC2)n1. The Labute approximate surface area is 157 Å². The van der Waals surface area contributed by atoms with Crippen LogP contribution < -0.4 is 15.4 Å². The van der Waals surface area contributed by atoms with Gasteiger partial charge in [0, 0.05) is 23.3 Å². The number of piperidine rings is 1. The molecular weight excluding hydrogens is 352 g/mol. The molecule has 0 aliphatic carbocycles. The van der Waals surface area contributed by atoms with Crippen LogP contribution in [-0.4, -0.2) is 35.4 Å². The van der Waals surface area contributed by atoms with E-state index >= 15 is 0 Å². The zero-order valence-corrected chi connectivity index (χ0v) is 15.3. The molecule has 1 fully saturated rings. The smallest absolute Gasteiger partial charge is 0.272 e. The molecule has 0 saturated carbocycles. The topological polar surface area (TPSA) is 68.2 Å². The van der Waals surface area contributed by atoms with E-state index in [9.17, 15) is 4.79 Å². The van der Waals surface area contributed by atoms with Gasteiger partial charge in [-0.25, -0.2) is 0 Å². The first-order chi connectivity index (χ1) is 12.7. The van der Waals surface area contributed by atoms with Crippen LogP contribution in [0.25, 0.3) is 0 Å². The predicted molar refractivity (Wildman–Crippen MR) is 99.8 cm³/mol. The van der Waals surface area contributed by atoms with Crippen molar-refractivity contribution in [3.63, 3.8) is 0 Å². The Morgan fingerprint density at radius 3 is 3.08 bits per heavy atom. The van der Waals surface area contributed by atoms with Crippen LogP contribution in [0.3, 0.4) is 0 Å². The average Bonchev–Trinajstić information content (AvgIpc) is 3.08. The van der Waals surface area contributed by atoms with Crippen molar-refractivity contribution in [1.29, 1.82) is 0 Å². The summed E-state index contributed by atoms with van der Waals surface area (Å²) < 4.78 is 7.68. The Hall–Kier alpha value is -2.05. The van der Waals surface area contributed by atoms with Gasteiger partial charge in [-0.2, -0.15) is 5.10 Å². The maximum Gasteiger partial charge on any atom is 0.272 e. The summed E-state index contributed by atoms with van der Waals surface area (Å²) in [5.41, 5.74) is 1.42. The minimum Gasteiger partial charge on any atom is -0.493 e. The Balaban J connectivity index is 1.49. The molecule has 2 aliphatic rings. The molecule has 3 heterocycles. The first-order valence-corrected chi connectivity index (χ1v) is 9.57. The number of rotatable bonds is 3. The number of carbonyl (C=O) groups excluding carboxylic acids is 1. The predicted octanol–water partition coefficient (Wildman–Crippen LogP) is 3.10. The molecule has 2 aliphatic heterocycles. The van der Waals surface area contributed by atoms with E-state index in [-0.39, 0.29) is 11.9 Å². The van der Waals surface area contributed by atoms with Crippen LogP contribution >= 0.6 is 11.6 Å². The second kappa shape index (κ2) is 7.68. The minimum atomic E-state index is -0.152. The summed E-state index contributed by atoms with van der Waals surface area (Å²) >= 11 is 6.07. The van der Waals surface area contributed by atoms with Crippen LogP contribution in [0.1, 0.15) is 53.8 Å². The second-order valence-corrected chi connectivity index (χ2v) is 7.32. The highest BCUT2D eigenvalue weighted by Gasteiger charge is 2.24. The van der Waals surface area contributed by atoms with E-state index in [0.717, 1.165) is 50.1 Å². The Morgan fingerprint density at radius 2 is 2.23 bits per heavy atom. The van der Waals surface area contributed by atoms with Gasteiger partial charge in [-0.3, -0.25) is 9.48 Å². The van der Waals surface area contributed by atoms with Crippen LogP contribution in [0.5, 0.6) is 5.75 Å². The maximum absolute atomic E-state index is 12.7. The molecule has 6 nitrogen and oxygen atoms in total. The van der Waals surface area contributed by atoms with Crippen molar-refractivity contribution in [1.82, 2.24) is 20.4 Å². The molecule has 1 aromatic heterocycles. The fourth-order valence-electron chi connectivity index (χ4n) is 3.65. The van der Waals surface area contributed by atoms with E-state index in [1.165, 1.54) is 0 Å². The maximum atomic E-state index is 12.7. The Morgan fingerprint density at radius 1 is 1.31 bits per heavy atom. The fourth-order valence-corrected chi connectivity index (χ4v) is 3.81. The van der Waals surface area contributed by atoms with Crippen molar-refractivity contribution in [2.45, 2.75) is 37.8 Å². The molecule has 0 spiro atoms. The van der Waals surface area contributed by atoms with Crippen LogP contribution in [-0.2, 0) is 0 Å². The molecule has 2 unspecified atom stereocenters. The lowest BCUT2D eigenvalue weighted by Crippen LogP contribution is -2.32. The van der Waals surface area contributed by atoms with Crippen LogP contribution in [0.2, 0.25) is 5.02 Å². The number of halogens is 1. The van der Waals surface area contributed by atoms with Crippen molar-refractivity contribution in [3.05, 3.63) is 46.7 Å². The van der Waals surface area contributed by atoms with E-state index in [0.29, 0.717) is 23.4 Å². The van der Waals surface area contributed by atoms with Crippen LogP contribution in [0.15, 0.2) is 30.5 Å². The van der Waals surface area contributed by atoms with Gasteiger partial charge in [0.15, 0.2) is 0 Å². The van der Waals surface area contributed by atoms with Crippen molar-refractivity contribution in [2.24, 2.45) is 0 Å². The number of hydrogen-bond acceptors (Lipinski definition) is 4. The van der Waals surface area contributed by atoms with Gasteiger partial charge in [0.2, 0.25) is 0 Å². The lowest BCUT2D eigenvalue weighted by molar-refractivity contribution is 0.0928. The van der Waals surface area contributed by atoms with E-state index in [4.69, 9.17) is 16.3 Å². The zero-order chi connectivity index (χ0) is 17.9. The molecule has 2 N–H and O–H groups in total. The van der Waals surface area contributed by atoms with E-state index < -0.39 is 0 Å². The van der Waals surface area contributed by atoms with Gasteiger partial charge in [-0.15, -0.1) is 0 Å². The molecular formula is C19H23ClN4O2. The summed E-state index contributed by atoms with van der Waals surface area (Å²) in [6.07, 6.45) is 5.82. The summed E-state index contributed by atoms with van der Waals surface area (Å²) in [6.45, 7) is 2.58. The number of benzene rings is 1. The molecule has 7 heteroatoms. The highest BCUT2D eigenvalue weighted by molar-refractivity contribution is 6.30. The molecule has 2 aromatic rings. The molecule has 138 valence electrons. The summed E-state index contributed by atoms with van der Waals surface area (Å²) in [6, 6.07) is 7.59. The largest absolute Gasteiger partial charge is 0.493 e. The molecule has 2 atom stereocenters. The number of ether oxygens (including phenoxy) is 1. The van der Waals surface area contributed by atoms with Crippen LogP contribution in [0, 0.1) is 0 Å². The number of amides is 1. The van der Waals surface area contributed by atoms with E-state index in [1.807, 2.05) is 29.1 Å².